The molecule has 0 saturated carbocycles. The van der Waals surface area contributed by atoms with Crippen molar-refractivity contribution >= 4 is 5.97 Å². The largest absolute Gasteiger partial charge is 0.481 e. The van der Waals surface area contributed by atoms with Crippen molar-refractivity contribution in [2.24, 2.45) is 5.92 Å². The lowest BCUT2D eigenvalue weighted by Crippen LogP contribution is -2.41. The lowest BCUT2D eigenvalue weighted by Gasteiger charge is -2.38. The van der Waals surface area contributed by atoms with Gasteiger partial charge in [-0.05, 0) is 30.7 Å². The first-order valence-electron chi connectivity index (χ1n) is 7.68. The van der Waals surface area contributed by atoms with E-state index in [1.807, 2.05) is 30.3 Å². The van der Waals surface area contributed by atoms with Crippen molar-refractivity contribution in [1.29, 1.82) is 0 Å². The number of hydrogen-bond acceptors (Lipinski definition) is 3. The van der Waals surface area contributed by atoms with Crippen LogP contribution in [0.5, 0.6) is 0 Å². The van der Waals surface area contributed by atoms with Gasteiger partial charge in [0.25, 0.3) is 0 Å². The number of carbonyl (C=O) groups is 1. The fraction of sp³-hybridized carbons (Fsp3) is 0.588. The van der Waals surface area contributed by atoms with Crippen molar-refractivity contribution in [3.05, 3.63) is 35.9 Å². The molecule has 1 N–H and O–H groups in total. The zero-order valence-electron chi connectivity index (χ0n) is 12.2. The zero-order valence-corrected chi connectivity index (χ0v) is 12.2. The van der Waals surface area contributed by atoms with Gasteiger partial charge < -0.3 is 14.6 Å². The predicted octanol–water partition coefficient (Wildman–Crippen LogP) is 2.83. The Morgan fingerprint density at radius 3 is 2.81 bits per heavy atom. The van der Waals surface area contributed by atoms with Crippen LogP contribution in [0.1, 0.15) is 37.2 Å². The van der Waals surface area contributed by atoms with E-state index in [2.05, 4.69) is 0 Å². The van der Waals surface area contributed by atoms with Gasteiger partial charge in [-0.1, -0.05) is 30.3 Å². The second-order valence-corrected chi connectivity index (χ2v) is 6.23. The Morgan fingerprint density at radius 2 is 2.14 bits per heavy atom. The lowest BCUT2D eigenvalue weighted by atomic mass is 9.79. The molecule has 114 valence electrons. The normalized spacial score (nSPS) is 30.4. The van der Waals surface area contributed by atoms with Gasteiger partial charge in [0.05, 0.1) is 18.1 Å². The molecule has 2 heterocycles. The molecule has 1 aromatic carbocycles. The molecule has 3 atom stereocenters. The van der Waals surface area contributed by atoms with Crippen LogP contribution in [0.3, 0.4) is 0 Å². The maximum absolute atomic E-state index is 11.6. The molecule has 0 bridgehead atoms. The van der Waals surface area contributed by atoms with E-state index in [4.69, 9.17) is 9.47 Å². The Morgan fingerprint density at radius 1 is 1.33 bits per heavy atom. The van der Waals surface area contributed by atoms with Crippen LogP contribution in [-0.2, 0) is 14.3 Å². The highest BCUT2D eigenvalue weighted by atomic mass is 16.6. The topological polar surface area (TPSA) is 55.8 Å². The summed E-state index contributed by atoms with van der Waals surface area (Å²) in [6.45, 7) is 2.13. The van der Waals surface area contributed by atoms with Gasteiger partial charge in [0.15, 0.2) is 0 Å². The van der Waals surface area contributed by atoms with Crippen molar-refractivity contribution < 1.29 is 19.4 Å². The molecule has 2 fully saturated rings. The molecule has 0 radical (unpaired) electrons. The van der Waals surface area contributed by atoms with Crippen LogP contribution in [-0.4, -0.2) is 36.5 Å². The number of benzene rings is 1. The maximum atomic E-state index is 11.6. The fourth-order valence-electron chi connectivity index (χ4n) is 3.59. The minimum atomic E-state index is -0.732. The van der Waals surface area contributed by atoms with Crippen LogP contribution < -0.4 is 0 Å². The monoisotopic (exact) mass is 290 g/mol. The smallest absolute Gasteiger partial charge is 0.310 e. The highest BCUT2D eigenvalue weighted by Gasteiger charge is 2.41. The van der Waals surface area contributed by atoms with Gasteiger partial charge in [0, 0.05) is 19.6 Å². The minimum absolute atomic E-state index is 0.150. The number of aliphatic carboxylic acids is 1. The van der Waals surface area contributed by atoms with E-state index in [0.29, 0.717) is 18.9 Å². The molecule has 3 unspecified atom stereocenters. The molecule has 21 heavy (non-hydrogen) atoms. The zero-order chi connectivity index (χ0) is 14.7. The summed E-state index contributed by atoms with van der Waals surface area (Å²) < 4.78 is 11.4. The van der Waals surface area contributed by atoms with Crippen molar-refractivity contribution in [1.82, 2.24) is 0 Å². The quantitative estimate of drug-likeness (QED) is 0.926. The summed E-state index contributed by atoms with van der Waals surface area (Å²) in [5, 5.41) is 9.56. The SMILES string of the molecule is O=C(O)C(CC1CCOC2(CCOC2)C1)c1ccccc1. The van der Waals surface area contributed by atoms with Gasteiger partial charge in [-0.25, -0.2) is 0 Å². The molecule has 1 spiro atoms. The summed E-state index contributed by atoms with van der Waals surface area (Å²) in [7, 11) is 0. The molecule has 0 aliphatic carbocycles. The minimum Gasteiger partial charge on any atom is -0.481 e. The number of hydrogen-bond donors (Lipinski definition) is 1. The first-order valence-corrected chi connectivity index (χ1v) is 7.68. The first kappa shape index (κ1) is 14.5. The Balaban J connectivity index is 1.70. The van der Waals surface area contributed by atoms with E-state index < -0.39 is 11.9 Å². The van der Waals surface area contributed by atoms with Gasteiger partial charge in [-0.2, -0.15) is 0 Å². The summed E-state index contributed by atoms with van der Waals surface area (Å²) in [6, 6.07) is 9.55. The van der Waals surface area contributed by atoms with E-state index in [9.17, 15) is 9.90 Å². The van der Waals surface area contributed by atoms with Gasteiger partial charge in [-0.15, -0.1) is 0 Å². The Labute approximate surface area is 125 Å². The number of carboxylic acid groups (broad SMARTS) is 1. The van der Waals surface area contributed by atoms with Crippen LogP contribution in [0.4, 0.5) is 0 Å². The van der Waals surface area contributed by atoms with Crippen LogP contribution in [0, 0.1) is 5.92 Å². The molecule has 3 rings (SSSR count). The highest BCUT2D eigenvalue weighted by molar-refractivity contribution is 5.76. The molecule has 0 aromatic heterocycles. The molecule has 2 saturated heterocycles. The Kier molecular flexibility index (Phi) is 4.27. The maximum Gasteiger partial charge on any atom is 0.310 e. The second kappa shape index (κ2) is 6.16. The van der Waals surface area contributed by atoms with Crippen molar-refractivity contribution in [3.63, 3.8) is 0 Å². The van der Waals surface area contributed by atoms with Crippen LogP contribution in [0.2, 0.25) is 0 Å². The molecule has 2 aliphatic rings. The summed E-state index contributed by atoms with van der Waals surface area (Å²) in [5.41, 5.74) is 0.746. The molecule has 4 heteroatoms. The number of carboxylic acids is 1. The average molecular weight is 290 g/mol. The molecular formula is C17H22O4. The van der Waals surface area contributed by atoms with Gasteiger partial charge in [-0.3, -0.25) is 4.79 Å². The Bertz CT molecular complexity index is 479. The van der Waals surface area contributed by atoms with Crippen LogP contribution in [0.15, 0.2) is 30.3 Å². The third-order valence-electron chi connectivity index (χ3n) is 4.73. The lowest BCUT2D eigenvalue weighted by molar-refractivity contribution is -0.140. The van der Waals surface area contributed by atoms with Crippen LogP contribution in [0.25, 0.3) is 0 Å². The van der Waals surface area contributed by atoms with E-state index in [0.717, 1.165) is 38.0 Å². The predicted molar refractivity (Wildman–Crippen MR) is 78.3 cm³/mol. The van der Waals surface area contributed by atoms with E-state index in [1.165, 1.54) is 0 Å². The van der Waals surface area contributed by atoms with E-state index >= 15 is 0 Å². The Hall–Kier alpha value is -1.39. The van der Waals surface area contributed by atoms with Crippen molar-refractivity contribution in [2.45, 2.75) is 37.2 Å². The number of rotatable bonds is 4. The van der Waals surface area contributed by atoms with E-state index in [-0.39, 0.29) is 5.60 Å². The third kappa shape index (κ3) is 3.27. The highest BCUT2D eigenvalue weighted by Crippen LogP contribution is 2.39. The van der Waals surface area contributed by atoms with Gasteiger partial charge in [0.1, 0.15) is 0 Å². The molecule has 2 aliphatic heterocycles. The molecule has 4 nitrogen and oxygen atoms in total. The van der Waals surface area contributed by atoms with Crippen molar-refractivity contribution in [3.8, 4) is 0 Å². The summed E-state index contributed by atoms with van der Waals surface area (Å²) >= 11 is 0. The second-order valence-electron chi connectivity index (χ2n) is 6.23. The molecular weight excluding hydrogens is 268 g/mol. The number of ether oxygens (including phenoxy) is 2. The summed E-state index contributed by atoms with van der Waals surface area (Å²) in [5.74, 6) is -0.764. The van der Waals surface area contributed by atoms with Gasteiger partial charge >= 0.3 is 5.97 Å². The fourth-order valence-corrected chi connectivity index (χ4v) is 3.59. The summed E-state index contributed by atoms with van der Waals surface area (Å²) in [6.07, 6.45) is 3.49. The van der Waals surface area contributed by atoms with Gasteiger partial charge in [0.2, 0.25) is 0 Å². The summed E-state index contributed by atoms with van der Waals surface area (Å²) in [4.78, 5) is 11.6. The van der Waals surface area contributed by atoms with E-state index in [1.54, 1.807) is 0 Å². The van der Waals surface area contributed by atoms with Crippen molar-refractivity contribution in [2.75, 3.05) is 19.8 Å². The third-order valence-corrected chi connectivity index (χ3v) is 4.73. The first-order chi connectivity index (χ1) is 10.2. The molecule has 1 aromatic rings. The molecule has 0 amide bonds. The van der Waals surface area contributed by atoms with Crippen LogP contribution >= 0.6 is 0 Å². The average Bonchev–Trinajstić information content (AvgIpc) is 2.93. The standard InChI is InChI=1S/C17H22O4/c18-16(19)15(14-4-2-1-3-5-14)10-13-6-8-21-17(11-13)7-9-20-12-17/h1-5,13,15H,6-12H2,(H,18,19).